The summed E-state index contributed by atoms with van der Waals surface area (Å²) >= 11 is 0. The molecule has 1 unspecified atom stereocenters. The summed E-state index contributed by atoms with van der Waals surface area (Å²) in [5, 5.41) is 6.96. The molecule has 0 spiro atoms. The quantitative estimate of drug-likeness (QED) is 0.771. The van der Waals surface area contributed by atoms with Gasteiger partial charge in [-0.25, -0.2) is 0 Å². The molecule has 3 heteroatoms. The van der Waals surface area contributed by atoms with Gasteiger partial charge in [-0.3, -0.25) is 0 Å². The summed E-state index contributed by atoms with van der Waals surface area (Å²) in [4.78, 5) is 2.37. The molecule has 1 aliphatic heterocycles. The highest BCUT2D eigenvalue weighted by molar-refractivity contribution is 5.42. The van der Waals surface area contributed by atoms with Crippen molar-refractivity contribution in [1.82, 2.24) is 10.2 Å². The Labute approximate surface area is 91.5 Å². The molecule has 1 aromatic carbocycles. The van der Waals surface area contributed by atoms with Crippen LogP contribution >= 0.6 is 0 Å². The van der Waals surface area contributed by atoms with Crippen molar-refractivity contribution < 1.29 is 0 Å². The van der Waals surface area contributed by atoms with E-state index in [9.17, 15) is 0 Å². The molecule has 3 nitrogen and oxygen atoms in total. The lowest BCUT2D eigenvalue weighted by Gasteiger charge is -2.31. The zero-order chi connectivity index (χ0) is 10.5. The van der Waals surface area contributed by atoms with Crippen LogP contribution in [0.5, 0.6) is 0 Å². The van der Waals surface area contributed by atoms with Crippen LogP contribution in [0.1, 0.15) is 0 Å². The van der Waals surface area contributed by atoms with Gasteiger partial charge in [-0.15, -0.1) is 0 Å². The molecule has 1 aromatic rings. The van der Waals surface area contributed by atoms with Gasteiger partial charge in [-0.05, 0) is 19.2 Å². The third-order valence-electron chi connectivity index (χ3n) is 2.78. The van der Waals surface area contributed by atoms with Crippen LogP contribution in [0.4, 0.5) is 5.69 Å². The summed E-state index contributed by atoms with van der Waals surface area (Å²) in [6.07, 6.45) is 0. The number of benzene rings is 1. The largest absolute Gasteiger partial charge is 0.383 e. The van der Waals surface area contributed by atoms with Crippen molar-refractivity contribution in [1.29, 1.82) is 0 Å². The van der Waals surface area contributed by atoms with E-state index >= 15 is 0 Å². The number of likely N-dealkylation sites (N-methyl/N-ethyl adjacent to an activating group) is 1. The van der Waals surface area contributed by atoms with Crippen LogP contribution in [-0.2, 0) is 0 Å². The highest BCUT2D eigenvalue weighted by atomic mass is 15.2. The van der Waals surface area contributed by atoms with Crippen molar-refractivity contribution >= 4 is 5.69 Å². The zero-order valence-electron chi connectivity index (χ0n) is 9.24. The number of nitrogens with one attached hydrogen (secondary N) is 2. The molecule has 1 fully saturated rings. The Morgan fingerprint density at radius 3 is 2.93 bits per heavy atom. The van der Waals surface area contributed by atoms with E-state index < -0.39 is 0 Å². The maximum Gasteiger partial charge on any atom is 0.0369 e. The normalized spacial score (nSPS) is 22.6. The summed E-state index contributed by atoms with van der Waals surface area (Å²) in [6, 6.07) is 10.9. The number of nitrogens with zero attached hydrogens (tertiary/aromatic N) is 1. The second-order valence-corrected chi connectivity index (χ2v) is 4.16. The predicted molar refractivity (Wildman–Crippen MR) is 64.2 cm³/mol. The summed E-state index contributed by atoms with van der Waals surface area (Å²) in [7, 11) is 2.18. The number of piperazine rings is 1. The summed E-state index contributed by atoms with van der Waals surface area (Å²) in [6.45, 7) is 4.37. The average molecular weight is 205 g/mol. The van der Waals surface area contributed by atoms with Gasteiger partial charge in [-0.2, -0.15) is 0 Å². The molecule has 0 radical (unpaired) electrons. The molecule has 2 rings (SSSR count). The summed E-state index contributed by atoms with van der Waals surface area (Å²) in [5.41, 5.74) is 1.20. The first-order chi connectivity index (χ1) is 7.34. The van der Waals surface area contributed by atoms with Gasteiger partial charge in [0.15, 0.2) is 0 Å². The minimum atomic E-state index is 0.559. The SMILES string of the molecule is CN1CCNC(CNc2ccccc2)C1. The molecule has 0 aromatic heterocycles. The van der Waals surface area contributed by atoms with Crippen molar-refractivity contribution in [3.05, 3.63) is 30.3 Å². The fourth-order valence-electron chi connectivity index (χ4n) is 1.93. The third-order valence-corrected chi connectivity index (χ3v) is 2.78. The van der Waals surface area contributed by atoms with Gasteiger partial charge in [0, 0.05) is 37.9 Å². The average Bonchev–Trinajstić information content (AvgIpc) is 2.28. The fourth-order valence-corrected chi connectivity index (χ4v) is 1.93. The lowest BCUT2D eigenvalue weighted by atomic mass is 10.2. The van der Waals surface area contributed by atoms with Crippen LogP contribution in [0.25, 0.3) is 0 Å². The predicted octanol–water partition coefficient (Wildman–Crippen LogP) is 1.00. The Morgan fingerprint density at radius 2 is 2.20 bits per heavy atom. The molecule has 15 heavy (non-hydrogen) atoms. The first-order valence-corrected chi connectivity index (χ1v) is 5.55. The number of hydrogen-bond acceptors (Lipinski definition) is 3. The third kappa shape index (κ3) is 3.22. The van der Waals surface area contributed by atoms with Crippen LogP contribution in [0, 0.1) is 0 Å². The minimum absolute atomic E-state index is 0.559. The highest BCUT2D eigenvalue weighted by Crippen LogP contribution is 2.05. The Morgan fingerprint density at radius 1 is 1.40 bits per heavy atom. The standard InChI is InChI=1S/C12H19N3/c1-15-8-7-13-12(10-15)9-14-11-5-3-2-4-6-11/h2-6,12-14H,7-10H2,1H3. The van der Waals surface area contributed by atoms with Crippen molar-refractivity contribution in [2.45, 2.75) is 6.04 Å². The Bertz CT molecular complexity index is 286. The van der Waals surface area contributed by atoms with Gasteiger partial charge < -0.3 is 15.5 Å². The van der Waals surface area contributed by atoms with Crippen LogP contribution in [-0.4, -0.2) is 44.2 Å². The molecular weight excluding hydrogens is 186 g/mol. The van der Waals surface area contributed by atoms with E-state index in [1.165, 1.54) is 5.69 Å². The monoisotopic (exact) mass is 205 g/mol. The van der Waals surface area contributed by atoms with Gasteiger partial charge in [0.05, 0.1) is 0 Å². The molecular formula is C12H19N3. The van der Waals surface area contributed by atoms with E-state index in [1.54, 1.807) is 0 Å². The number of rotatable bonds is 3. The topological polar surface area (TPSA) is 27.3 Å². The van der Waals surface area contributed by atoms with Crippen LogP contribution in [0.15, 0.2) is 30.3 Å². The summed E-state index contributed by atoms with van der Waals surface area (Å²) < 4.78 is 0. The van der Waals surface area contributed by atoms with Crippen molar-refractivity contribution in [2.75, 3.05) is 38.5 Å². The molecule has 1 aliphatic rings. The van der Waals surface area contributed by atoms with E-state index in [0.29, 0.717) is 6.04 Å². The Balaban J connectivity index is 1.78. The first kappa shape index (κ1) is 10.5. The Hall–Kier alpha value is -1.06. The van der Waals surface area contributed by atoms with Crippen LogP contribution < -0.4 is 10.6 Å². The van der Waals surface area contributed by atoms with E-state index in [-0.39, 0.29) is 0 Å². The number of para-hydroxylation sites is 1. The van der Waals surface area contributed by atoms with Gasteiger partial charge in [-0.1, -0.05) is 18.2 Å². The summed E-state index contributed by atoms with van der Waals surface area (Å²) in [5.74, 6) is 0. The lowest BCUT2D eigenvalue weighted by molar-refractivity contribution is 0.244. The molecule has 1 saturated heterocycles. The lowest BCUT2D eigenvalue weighted by Crippen LogP contribution is -2.51. The van der Waals surface area contributed by atoms with Gasteiger partial charge in [0.25, 0.3) is 0 Å². The highest BCUT2D eigenvalue weighted by Gasteiger charge is 2.15. The van der Waals surface area contributed by atoms with E-state index in [4.69, 9.17) is 0 Å². The minimum Gasteiger partial charge on any atom is -0.383 e. The van der Waals surface area contributed by atoms with Crippen molar-refractivity contribution in [3.63, 3.8) is 0 Å². The van der Waals surface area contributed by atoms with Crippen molar-refractivity contribution in [2.24, 2.45) is 0 Å². The number of hydrogen-bond donors (Lipinski definition) is 2. The Kier molecular flexibility index (Phi) is 3.59. The molecule has 0 aliphatic carbocycles. The van der Waals surface area contributed by atoms with Crippen LogP contribution in [0.2, 0.25) is 0 Å². The van der Waals surface area contributed by atoms with Gasteiger partial charge in [0.2, 0.25) is 0 Å². The second-order valence-electron chi connectivity index (χ2n) is 4.16. The van der Waals surface area contributed by atoms with Gasteiger partial charge in [0.1, 0.15) is 0 Å². The van der Waals surface area contributed by atoms with E-state index in [0.717, 1.165) is 26.2 Å². The molecule has 0 bridgehead atoms. The molecule has 1 heterocycles. The molecule has 82 valence electrons. The van der Waals surface area contributed by atoms with Gasteiger partial charge >= 0.3 is 0 Å². The first-order valence-electron chi connectivity index (χ1n) is 5.55. The number of anilines is 1. The molecule has 0 amide bonds. The second kappa shape index (κ2) is 5.14. The zero-order valence-corrected chi connectivity index (χ0v) is 9.24. The van der Waals surface area contributed by atoms with E-state index in [2.05, 4.69) is 46.8 Å². The van der Waals surface area contributed by atoms with Crippen molar-refractivity contribution in [3.8, 4) is 0 Å². The van der Waals surface area contributed by atoms with Crippen LogP contribution in [0.3, 0.4) is 0 Å². The van der Waals surface area contributed by atoms with E-state index in [1.807, 2.05) is 6.07 Å². The molecule has 2 N–H and O–H groups in total. The smallest absolute Gasteiger partial charge is 0.0369 e. The molecule has 0 saturated carbocycles. The maximum atomic E-state index is 3.52. The molecule has 1 atom stereocenters. The maximum absolute atomic E-state index is 3.52. The fraction of sp³-hybridized carbons (Fsp3) is 0.500.